The number of benzene rings is 1. The zero-order valence-electron chi connectivity index (χ0n) is 16.0. The van der Waals surface area contributed by atoms with Gasteiger partial charge in [0.25, 0.3) is 0 Å². The maximum atomic E-state index is 12.5. The van der Waals surface area contributed by atoms with E-state index in [0.717, 1.165) is 27.6 Å². The highest BCUT2D eigenvalue weighted by Crippen LogP contribution is 2.28. The molecule has 0 atom stereocenters. The molecule has 6 nitrogen and oxygen atoms in total. The number of hydrogen-bond acceptors (Lipinski definition) is 5. The van der Waals surface area contributed by atoms with Crippen molar-refractivity contribution in [2.24, 2.45) is 0 Å². The minimum Gasteiger partial charge on any atom is -0.300 e. The predicted octanol–water partition coefficient (Wildman–Crippen LogP) is 4.47. The fraction of sp³-hybridized carbons (Fsp3) is 0.368. The van der Waals surface area contributed by atoms with Gasteiger partial charge in [-0.3, -0.25) is 4.79 Å². The number of aromatic nitrogens is 4. The van der Waals surface area contributed by atoms with Gasteiger partial charge in [-0.1, -0.05) is 43.7 Å². The fourth-order valence-electron chi connectivity index (χ4n) is 2.67. The summed E-state index contributed by atoms with van der Waals surface area (Å²) in [6.07, 6.45) is 0.232. The molecular weight excluding hydrogens is 382 g/mol. The maximum Gasteiger partial charge on any atom is 0.230 e. The third-order valence-corrected chi connectivity index (χ3v) is 5.68. The summed E-state index contributed by atoms with van der Waals surface area (Å²) in [5.41, 5.74) is 3.48. The Labute approximate surface area is 167 Å². The van der Waals surface area contributed by atoms with Crippen molar-refractivity contribution in [1.82, 2.24) is 20.0 Å². The second kappa shape index (κ2) is 7.40. The summed E-state index contributed by atoms with van der Waals surface area (Å²) in [6, 6.07) is 7.45. The quantitative estimate of drug-likeness (QED) is 0.697. The predicted molar refractivity (Wildman–Crippen MR) is 109 cm³/mol. The molecule has 0 aliphatic heterocycles. The van der Waals surface area contributed by atoms with Crippen molar-refractivity contribution in [2.45, 2.75) is 46.5 Å². The first kappa shape index (κ1) is 19.5. The normalized spacial score (nSPS) is 11.6. The summed E-state index contributed by atoms with van der Waals surface area (Å²) in [4.78, 5) is 12.5. The zero-order valence-corrected chi connectivity index (χ0v) is 17.6. The minimum atomic E-state index is -0.131. The van der Waals surface area contributed by atoms with Crippen LogP contribution < -0.4 is 5.32 Å². The van der Waals surface area contributed by atoms with Crippen LogP contribution >= 0.6 is 22.9 Å². The molecule has 2 heterocycles. The van der Waals surface area contributed by atoms with E-state index < -0.39 is 0 Å². The van der Waals surface area contributed by atoms with Gasteiger partial charge in [-0.05, 0) is 38.1 Å². The van der Waals surface area contributed by atoms with Gasteiger partial charge in [0.2, 0.25) is 11.0 Å². The van der Waals surface area contributed by atoms with Gasteiger partial charge in [-0.25, -0.2) is 4.68 Å². The van der Waals surface area contributed by atoms with Crippen LogP contribution in [0, 0.1) is 13.8 Å². The van der Waals surface area contributed by atoms with E-state index >= 15 is 0 Å². The summed E-state index contributed by atoms with van der Waals surface area (Å²) in [5, 5.41) is 17.7. The standard InChI is InChI=1S/C19H22ClN5OS/c1-11-15(12(2)25(24-11)14-8-6-13(20)7-9-14)10-16(26)21-18-23-22-17(27-18)19(3,4)5/h6-9H,10H2,1-5H3,(H,21,23,26). The summed E-state index contributed by atoms with van der Waals surface area (Å²) in [5.74, 6) is -0.131. The molecule has 3 aromatic rings. The van der Waals surface area contributed by atoms with Crippen LogP contribution in [0.3, 0.4) is 0 Å². The van der Waals surface area contributed by atoms with E-state index in [4.69, 9.17) is 11.6 Å². The molecule has 1 aromatic carbocycles. The number of carbonyl (C=O) groups excluding carboxylic acids is 1. The van der Waals surface area contributed by atoms with Crippen molar-refractivity contribution in [2.75, 3.05) is 5.32 Å². The third-order valence-electron chi connectivity index (χ3n) is 4.16. The molecule has 3 rings (SSSR count). The second-order valence-electron chi connectivity index (χ2n) is 7.42. The molecule has 0 aliphatic carbocycles. The first-order chi connectivity index (χ1) is 12.6. The molecule has 0 bridgehead atoms. The van der Waals surface area contributed by atoms with Gasteiger partial charge < -0.3 is 5.32 Å². The van der Waals surface area contributed by atoms with Crippen molar-refractivity contribution >= 4 is 34.0 Å². The summed E-state index contributed by atoms with van der Waals surface area (Å²) >= 11 is 7.36. The Bertz CT molecular complexity index is 969. The van der Waals surface area contributed by atoms with Crippen molar-refractivity contribution in [3.8, 4) is 5.69 Å². The molecule has 1 amide bonds. The lowest BCUT2D eigenvalue weighted by Crippen LogP contribution is -2.15. The van der Waals surface area contributed by atoms with E-state index in [1.165, 1.54) is 11.3 Å². The molecular formula is C19H22ClN5OS. The molecule has 27 heavy (non-hydrogen) atoms. The molecule has 0 saturated carbocycles. The van der Waals surface area contributed by atoms with E-state index in [-0.39, 0.29) is 17.7 Å². The maximum absolute atomic E-state index is 12.5. The molecule has 0 radical (unpaired) electrons. The Morgan fingerprint density at radius 3 is 2.44 bits per heavy atom. The Kier molecular flexibility index (Phi) is 5.35. The molecule has 0 saturated heterocycles. The van der Waals surface area contributed by atoms with Gasteiger partial charge in [0.05, 0.1) is 17.8 Å². The van der Waals surface area contributed by atoms with E-state index in [1.807, 2.05) is 42.8 Å². The van der Waals surface area contributed by atoms with Gasteiger partial charge in [0.1, 0.15) is 5.01 Å². The van der Waals surface area contributed by atoms with Crippen LogP contribution in [0.4, 0.5) is 5.13 Å². The number of nitrogens with one attached hydrogen (secondary N) is 1. The molecule has 0 spiro atoms. The smallest absolute Gasteiger partial charge is 0.230 e. The van der Waals surface area contributed by atoms with E-state index in [1.54, 1.807) is 0 Å². The molecule has 1 N–H and O–H groups in total. The molecule has 8 heteroatoms. The van der Waals surface area contributed by atoms with Crippen LogP contribution in [0.15, 0.2) is 24.3 Å². The van der Waals surface area contributed by atoms with Gasteiger partial charge in [0, 0.05) is 21.7 Å². The number of anilines is 1. The lowest BCUT2D eigenvalue weighted by molar-refractivity contribution is -0.115. The number of aryl methyl sites for hydroxylation is 1. The Balaban J connectivity index is 1.76. The van der Waals surface area contributed by atoms with Gasteiger partial charge >= 0.3 is 0 Å². The van der Waals surface area contributed by atoms with Crippen LogP contribution in [0.5, 0.6) is 0 Å². The average Bonchev–Trinajstić information content (AvgIpc) is 3.16. The highest BCUT2D eigenvalue weighted by molar-refractivity contribution is 7.15. The highest BCUT2D eigenvalue weighted by Gasteiger charge is 2.21. The number of hydrogen-bond donors (Lipinski definition) is 1. The monoisotopic (exact) mass is 403 g/mol. The van der Waals surface area contributed by atoms with Gasteiger partial charge in [0.15, 0.2) is 0 Å². The number of halogens is 1. The number of amides is 1. The van der Waals surface area contributed by atoms with Gasteiger partial charge in [-0.2, -0.15) is 5.10 Å². The van der Waals surface area contributed by atoms with Crippen molar-refractivity contribution < 1.29 is 4.79 Å². The number of nitrogens with zero attached hydrogens (tertiary/aromatic N) is 4. The highest BCUT2D eigenvalue weighted by atomic mass is 35.5. The molecule has 0 fully saturated rings. The number of carbonyl (C=O) groups is 1. The molecule has 142 valence electrons. The first-order valence-electron chi connectivity index (χ1n) is 8.60. The SMILES string of the molecule is Cc1nn(-c2ccc(Cl)cc2)c(C)c1CC(=O)Nc1nnc(C(C)(C)C)s1. The molecule has 2 aromatic heterocycles. The lowest BCUT2D eigenvalue weighted by Gasteiger charge is -2.12. The second-order valence-corrected chi connectivity index (χ2v) is 8.84. The topological polar surface area (TPSA) is 72.7 Å². The van der Waals surface area contributed by atoms with Crippen molar-refractivity contribution in [1.29, 1.82) is 0 Å². The average molecular weight is 404 g/mol. The van der Waals surface area contributed by atoms with Crippen LogP contribution in [0.1, 0.15) is 42.7 Å². The van der Waals surface area contributed by atoms with Gasteiger partial charge in [-0.15, -0.1) is 10.2 Å². The largest absolute Gasteiger partial charge is 0.300 e. The first-order valence-corrected chi connectivity index (χ1v) is 9.79. The Hall–Kier alpha value is -2.25. The molecule has 0 unspecified atom stereocenters. The Morgan fingerprint density at radius 2 is 1.85 bits per heavy atom. The number of rotatable bonds is 4. The lowest BCUT2D eigenvalue weighted by atomic mass is 9.98. The van der Waals surface area contributed by atoms with E-state index in [2.05, 4.69) is 41.4 Å². The van der Waals surface area contributed by atoms with Crippen LogP contribution in [-0.2, 0) is 16.6 Å². The summed E-state index contributed by atoms with van der Waals surface area (Å²) < 4.78 is 1.83. The van der Waals surface area contributed by atoms with Crippen molar-refractivity contribution in [3.05, 3.63) is 51.2 Å². The van der Waals surface area contributed by atoms with Crippen LogP contribution in [0.25, 0.3) is 5.69 Å². The zero-order chi connectivity index (χ0) is 19.8. The Morgan fingerprint density at radius 1 is 1.19 bits per heavy atom. The van der Waals surface area contributed by atoms with Crippen molar-refractivity contribution in [3.63, 3.8) is 0 Å². The summed E-state index contributed by atoms with van der Waals surface area (Å²) in [7, 11) is 0. The minimum absolute atomic E-state index is 0.0897. The third kappa shape index (κ3) is 4.36. The van der Waals surface area contributed by atoms with Crippen LogP contribution in [-0.4, -0.2) is 25.9 Å². The van der Waals surface area contributed by atoms with Crippen LogP contribution in [0.2, 0.25) is 5.02 Å². The summed E-state index contributed by atoms with van der Waals surface area (Å²) in [6.45, 7) is 10.1. The van der Waals surface area contributed by atoms with E-state index in [0.29, 0.717) is 10.2 Å². The fourth-order valence-corrected chi connectivity index (χ4v) is 3.61. The van der Waals surface area contributed by atoms with E-state index in [9.17, 15) is 4.79 Å². The molecule has 0 aliphatic rings.